The van der Waals surface area contributed by atoms with Gasteiger partial charge in [-0.2, -0.15) is 0 Å². The van der Waals surface area contributed by atoms with Crippen LogP contribution in [0.1, 0.15) is 5.56 Å². The molecule has 0 aliphatic rings. The van der Waals surface area contributed by atoms with Gasteiger partial charge in [0.15, 0.2) is 0 Å². The molecule has 18 heavy (non-hydrogen) atoms. The molecular formula is C12H12N2O3S. The molecule has 6 heteroatoms. The smallest absolute Gasteiger partial charge is 0.262 e. The van der Waals surface area contributed by atoms with Crippen LogP contribution in [0.15, 0.2) is 47.6 Å². The SMILES string of the molecule is Cc1cnccc1NS(=O)(=O)c1cccc(O)c1. The topological polar surface area (TPSA) is 79.3 Å². The monoisotopic (exact) mass is 264 g/mol. The highest BCUT2D eigenvalue weighted by Crippen LogP contribution is 2.20. The van der Waals surface area contributed by atoms with Crippen LogP contribution in [0.5, 0.6) is 5.75 Å². The lowest BCUT2D eigenvalue weighted by atomic mass is 10.3. The molecule has 0 saturated heterocycles. The summed E-state index contributed by atoms with van der Waals surface area (Å²) in [7, 11) is -3.70. The van der Waals surface area contributed by atoms with Gasteiger partial charge in [-0.15, -0.1) is 0 Å². The third-order valence-electron chi connectivity index (χ3n) is 2.39. The number of nitrogens with zero attached hydrogens (tertiary/aromatic N) is 1. The molecular weight excluding hydrogens is 252 g/mol. The molecule has 1 aromatic heterocycles. The van der Waals surface area contributed by atoms with Crippen LogP contribution < -0.4 is 4.72 Å². The number of hydrogen-bond donors (Lipinski definition) is 2. The van der Waals surface area contributed by atoms with Crippen LogP contribution in [0.4, 0.5) is 5.69 Å². The molecule has 5 nitrogen and oxygen atoms in total. The van der Waals surface area contributed by atoms with Crippen molar-refractivity contribution >= 4 is 15.7 Å². The first-order chi connectivity index (χ1) is 8.49. The van der Waals surface area contributed by atoms with Crippen molar-refractivity contribution in [1.82, 2.24) is 4.98 Å². The molecule has 1 aromatic carbocycles. The average molecular weight is 264 g/mol. The molecule has 2 aromatic rings. The Balaban J connectivity index is 2.37. The lowest BCUT2D eigenvalue weighted by Gasteiger charge is -2.10. The van der Waals surface area contributed by atoms with Crippen molar-refractivity contribution in [3.05, 3.63) is 48.3 Å². The van der Waals surface area contributed by atoms with Crippen molar-refractivity contribution in [1.29, 1.82) is 0 Å². The van der Waals surface area contributed by atoms with E-state index < -0.39 is 10.0 Å². The third-order valence-corrected chi connectivity index (χ3v) is 3.76. The van der Waals surface area contributed by atoms with Crippen LogP contribution in [0.3, 0.4) is 0 Å². The highest BCUT2D eigenvalue weighted by atomic mass is 32.2. The zero-order chi connectivity index (χ0) is 13.2. The summed E-state index contributed by atoms with van der Waals surface area (Å²) in [5, 5.41) is 9.29. The molecule has 0 fully saturated rings. The molecule has 94 valence electrons. The highest BCUT2D eigenvalue weighted by Gasteiger charge is 2.15. The van der Waals surface area contributed by atoms with Gasteiger partial charge in [0.25, 0.3) is 10.0 Å². The van der Waals surface area contributed by atoms with Crippen LogP contribution in [0, 0.1) is 6.92 Å². The van der Waals surface area contributed by atoms with Crippen LogP contribution in [-0.2, 0) is 10.0 Å². The van der Waals surface area contributed by atoms with Crippen molar-refractivity contribution in [2.24, 2.45) is 0 Å². The molecule has 0 atom stereocenters. The van der Waals surface area contributed by atoms with Crippen molar-refractivity contribution in [2.45, 2.75) is 11.8 Å². The second-order valence-corrected chi connectivity index (χ2v) is 5.48. The number of phenols is 1. The van der Waals surface area contributed by atoms with Gasteiger partial charge in [-0.25, -0.2) is 8.42 Å². The van der Waals surface area contributed by atoms with Gasteiger partial charge in [-0.1, -0.05) is 6.07 Å². The van der Waals surface area contributed by atoms with E-state index in [2.05, 4.69) is 9.71 Å². The molecule has 1 heterocycles. The van der Waals surface area contributed by atoms with Crippen molar-refractivity contribution in [2.75, 3.05) is 4.72 Å². The molecule has 0 amide bonds. The van der Waals surface area contributed by atoms with E-state index in [0.29, 0.717) is 5.69 Å². The lowest BCUT2D eigenvalue weighted by Crippen LogP contribution is -2.13. The summed E-state index contributed by atoms with van der Waals surface area (Å²) in [6.45, 7) is 1.76. The summed E-state index contributed by atoms with van der Waals surface area (Å²) in [6.07, 6.45) is 3.08. The normalized spacial score (nSPS) is 11.2. The maximum atomic E-state index is 12.1. The fourth-order valence-electron chi connectivity index (χ4n) is 1.44. The Morgan fingerprint density at radius 2 is 2.06 bits per heavy atom. The molecule has 2 N–H and O–H groups in total. The minimum absolute atomic E-state index is 0.0127. The molecule has 2 rings (SSSR count). The molecule has 0 aliphatic carbocycles. The maximum Gasteiger partial charge on any atom is 0.262 e. The number of pyridine rings is 1. The first kappa shape index (κ1) is 12.4. The Morgan fingerprint density at radius 1 is 1.28 bits per heavy atom. The summed E-state index contributed by atoms with van der Waals surface area (Å²) in [6, 6.07) is 7.08. The van der Waals surface area contributed by atoms with E-state index in [1.165, 1.54) is 30.5 Å². The van der Waals surface area contributed by atoms with Crippen LogP contribution >= 0.6 is 0 Å². The predicted octanol–water partition coefficient (Wildman–Crippen LogP) is 1.90. The highest BCUT2D eigenvalue weighted by molar-refractivity contribution is 7.92. The summed E-state index contributed by atoms with van der Waals surface area (Å²) in [5.74, 6) is -0.0932. The number of rotatable bonds is 3. The predicted molar refractivity (Wildman–Crippen MR) is 67.9 cm³/mol. The fourth-order valence-corrected chi connectivity index (χ4v) is 2.61. The Bertz CT molecular complexity index is 669. The average Bonchev–Trinajstić information content (AvgIpc) is 2.32. The summed E-state index contributed by atoms with van der Waals surface area (Å²) >= 11 is 0. The number of aryl methyl sites for hydroxylation is 1. The Morgan fingerprint density at radius 3 is 2.72 bits per heavy atom. The van der Waals surface area contributed by atoms with Gasteiger partial charge >= 0.3 is 0 Å². The molecule has 0 spiro atoms. The minimum Gasteiger partial charge on any atom is -0.508 e. The van der Waals surface area contributed by atoms with Gasteiger partial charge in [-0.05, 0) is 30.7 Å². The second-order valence-electron chi connectivity index (χ2n) is 3.79. The van der Waals surface area contributed by atoms with E-state index in [1.54, 1.807) is 19.2 Å². The summed E-state index contributed by atoms with van der Waals surface area (Å²) < 4.78 is 26.6. The molecule has 0 radical (unpaired) electrons. The van der Waals surface area contributed by atoms with Crippen molar-refractivity contribution in [3.63, 3.8) is 0 Å². The third kappa shape index (κ3) is 2.60. The standard InChI is InChI=1S/C12H12N2O3S/c1-9-8-13-6-5-12(9)14-18(16,17)11-4-2-3-10(15)7-11/h2-8,15H,1H3,(H,13,14). The maximum absolute atomic E-state index is 12.1. The number of phenolic OH excluding ortho intramolecular Hbond substituents is 1. The van der Waals surface area contributed by atoms with E-state index in [4.69, 9.17) is 0 Å². The largest absolute Gasteiger partial charge is 0.508 e. The first-order valence-corrected chi connectivity index (χ1v) is 6.70. The number of benzene rings is 1. The number of sulfonamides is 1. The Hall–Kier alpha value is -2.08. The molecule has 0 bridgehead atoms. The second kappa shape index (κ2) is 4.66. The van der Waals surface area contributed by atoms with Crippen molar-refractivity contribution < 1.29 is 13.5 Å². The van der Waals surface area contributed by atoms with Gasteiger partial charge in [0.1, 0.15) is 5.75 Å². The van der Waals surface area contributed by atoms with Gasteiger partial charge in [0, 0.05) is 18.5 Å². The molecule has 0 aliphatic heterocycles. The quantitative estimate of drug-likeness (QED) is 0.887. The zero-order valence-corrected chi connectivity index (χ0v) is 10.5. The van der Waals surface area contributed by atoms with Crippen LogP contribution in [-0.4, -0.2) is 18.5 Å². The van der Waals surface area contributed by atoms with Crippen molar-refractivity contribution in [3.8, 4) is 5.75 Å². The van der Waals surface area contributed by atoms with Crippen LogP contribution in [0.2, 0.25) is 0 Å². The van der Waals surface area contributed by atoms with Gasteiger partial charge in [-0.3, -0.25) is 9.71 Å². The van der Waals surface area contributed by atoms with E-state index in [-0.39, 0.29) is 10.6 Å². The zero-order valence-electron chi connectivity index (χ0n) is 9.66. The molecule has 0 unspecified atom stereocenters. The van der Waals surface area contributed by atoms with Crippen LogP contribution in [0.25, 0.3) is 0 Å². The van der Waals surface area contributed by atoms with E-state index in [0.717, 1.165) is 5.56 Å². The van der Waals surface area contributed by atoms with Gasteiger partial charge in [0.2, 0.25) is 0 Å². The Labute approximate surface area is 105 Å². The number of aromatic hydroxyl groups is 1. The van der Waals surface area contributed by atoms with E-state index in [9.17, 15) is 13.5 Å². The fraction of sp³-hybridized carbons (Fsp3) is 0.0833. The number of anilines is 1. The number of nitrogens with one attached hydrogen (secondary N) is 1. The number of hydrogen-bond acceptors (Lipinski definition) is 4. The number of aromatic nitrogens is 1. The van der Waals surface area contributed by atoms with Gasteiger partial charge < -0.3 is 5.11 Å². The summed E-state index contributed by atoms with van der Waals surface area (Å²) in [4.78, 5) is 3.90. The summed E-state index contributed by atoms with van der Waals surface area (Å²) in [5.41, 5.74) is 1.19. The molecule has 0 saturated carbocycles. The minimum atomic E-state index is -3.70. The van der Waals surface area contributed by atoms with E-state index >= 15 is 0 Å². The first-order valence-electron chi connectivity index (χ1n) is 5.21. The lowest BCUT2D eigenvalue weighted by molar-refractivity contribution is 0.473. The Kier molecular flexibility index (Phi) is 3.20. The van der Waals surface area contributed by atoms with Gasteiger partial charge in [0.05, 0.1) is 10.6 Å². The van der Waals surface area contributed by atoms with E-state index in [1.807, 2.05) is 0 Å².